The summed E-state index contributed by atoms with van der Waals surface area (Å²) in [7, 11) is 1.91. The van der Waals surface area contributed by atoms with Crippen LogP contribution in [0.2, 0.25) is 0 Å². The quantitative estimate of drug-likeness (QED) is 0.833. The molecule has 6 nitrogen and oxygen atoms in total. The first kappa shape index (κ1) is 11.7. The average molecular weight is 272 g/mol. The van der Waals surface area contributed by atoms with E-state index in [0.717, 1.165) is 30.2 Å². The Morgan fingerprint density at radius 2 is 2.05 bits per heavy atom. The molecule has 1 atom stereocenters. The van der Waals surface area contributed by atoms with Crippen LogP contribution in [0.3, 0.4) is 0 Å². The molecule has 20 heavy (non-hydrogen) atoms. The Labute approximate surface area is 116 Å². The second kappa shape index (κ2) is 4.49. The molecule has 104 valence electrons. The van der Waals surface area contributed by atoms with Crippen molar-refractivity contribution in [3.8, 4) is 11.5 Å². The van der Waals surface area contributed by atoms with E-state index in [2.05, 4.69) is 27.8 Å². The Hall–Kier alpha value is -2.08. The zero-order chi connectivity index (χ0) is 13.5. The van der Waals surface area contributed by atoms with Gasteiger partial charge in [-0.3, -0.25) is 4.68 Å². The van der Waals surface area contributed by atoms with Crippen LogP contribution in [0.15, 0.2) is 18.3 Å². The molecule has 0 saturated heterocycles. The van der Waals surface area contributed by atoms with Gasteiger partial charge < -0.3 is 14.8 Å². The average Bonchev–Trinajstić information content (AvgIpc) is 2.90. The van der Waals surface area contributed by atoms with E-state index in [0.29, 0.717) is 13.2 Å². The lowest BCUT2D eigenvalue weighted by atomic mass is 9.92. The zero-order valence-corrected chi connectivity index (χ0v) is 11.3. The molecule has 6 heteroatoms. The number of hydrogen-bond acceptors (Lipinski definition) is 5. The van der Waals surface area contributed by atoms with Gasteiger partial charge in [-0.2, -0.15) is 0 Å². The Morgan fingerprint density at radius 1 is 1.25 bits per heavy atom. The molecule has 0 bridgehead atoms. The lowest BCUT2D eigenvalue weighted by Gasteiger charge is -2.29. The van der Waals surface area contributed by atoms with E-state index in [1.54, 1.807) is 0 Å². The van der Waals surface area contributed by atoms with Crippen LogP contribution in [0.1, 0.15) is 22.9 Å². The van der Waals surface area contributed by atoms with E-state index in [-0.39, 0.29) is 6.04 Å². The van der Waals surface area contributed by atoms with Gasteiger partial charge >= 0.3 is 0 Å². The van der Waals surface area contributed by atoms with Crippen molar-refractivity contribution in [1.29, 1.82) is 0 Å². The predicted molar refractivity (Wildman–Crippen MR) is 72.0 cm³/mol. The van der Waals surface area contributed by atoms with E-state index >= 15 is 0 Å². The molecule has 2 aliphatic heterocycles. The Morgan fingerprint density at radius 3 is 2.80 bits per heavy atom. The number of benzene rings is 1. The third-order valence-corrected chi connectivity index (χ3v) is 3.90. The number of aryl methyl sites for hydroxylation is 1. The number of ether oxygens (including phenoxy) is 2. The number of aromatic nitrogens is 3. The Kier molecular flexibility index (Phi) is 2.63. The monoisotopic (exact) mass is 272 g/mol. The largest absolute Gasteiger partial charge is 0.486 e. The van der Waals surface area contributed by atoms with Crippen molar-refractivity contribution in [2.45, 2.75) is 12.5 Å². The topological polar surface area (TPSA) is 61.2 Å². The van der Waals surface area contributed by atoms with Gasteiger partial charge in [0.15, 0.2) is 11.5 Å². The highest BCUT2D eigenvalue weighted by molar-refractivity contribution is 5.51. The molecule has 0 radical (unpaired) electrons. The number of nitrogens with zero attached hydrogens (tertiary/aromatic N) is 3. The summed E-state index contributed by atoms with van der Waals surface area (Å²) < 4.78 is 13.2. The molecule has 1 aromatic carbocycles. The van der Waals surface area contributed by atoms with Gasteiger partial charge in [-0.05, 0) is 29.7 Å². The first-order chi connectivity index (χ1) is 9.83. The van der Waals surface area contributed by atoms with Crippen LogP contribution in [-0.2, 0) is 13.5 Å². The van der Waals surface area contributed by atoms with Gasteiger partial charge in [-0.15, -0.1) is 5.10 Å². The van der Waals surface area contributed by atoms with E-state index in [1.165, 1.54) is 11.1 Å². The van der Waals surface area contributed by atoms with Crippen molar-refractivity contribution in [2.75, 3.05) is 19.8 Å². The molecule has 0 spiro atoms. The van der Waals surface area contributed by atoms with Crippen molar-refractivity contribution in [3.63, 3.8) is 0 Å². The smallest absolute Gasteiger partial charge is 0.161 e. The summed E-state index contributed by atoms with van der Waals surface area (Å²) in [4.78, 5) is 0. The maximum absolute atomic E-state index is 5.69. The molecular weight excluding hydrogens is 256 g/mol. The van der Waals surface area contributed by atoms with Gasteiger partial charge in [0.05, 0.1) is 17.9 Å². The van der Waals surface area contributed by atoms with Crippen molar-refractivity contribution in [2.24, 2.45) is 7.05 Å². The molecule has 0 fully saturated rings. The molecule has 1 N–H and O–H groups in total. The van der Waals surface area contributed by atoms with Crippen molar-refractivity contribution in [1.82, 2.24) is 20.3 Å². The summed E-state index contributed by atoms with van der Waals surface area (Å²) in [6, 6.07) is 4.31. The van der Waals surface area contributed by atoms with Gasteiger partial charge in [0.2, 0.25) is 0 Å². The molecule has 0 saturated carbocycles. The van der Waals surface area contributed by atoms with Gasteiger partial charge in [-0.25, -0.2) is 0 Å². The lowest BCUT2D eigenvalue weighted by Crippen LogP contribution is -2.32. The lowest BCUT2D eigenvalue weighted by molar-refractivity contribution is 0.171. The standard InChI is InChI=1S/C14H16N4O2/c1-18-11(8-16-17-18)14-10-7-13-12(19-4-5-20-13)6-9(10)2-3-15-14/h6-8,14-15H,2-5H2,1H3. The minimum absolute atomic E-state index is 0.106. The van der Waals surface area contributed by atoms with Gasteiger partial charge in [0, 0.05) is 13.6 Å². The summed E-state index contributed by atoms with van der Waals surface area (Å²) in [5.74, 6) is 1.69. The molecule has 4 rings (SSSR count). The molecule has 0 aliphatic carbocycles. The van der Waals surface area contributed by atoms with Crippen LogP contribution >= 0.6 is 0 Å². The first-order valence-corrected chi connectivity index (χ1v) is 6.83. The van der Waals surface area contributed by atoms with Gasteiger partial charge in [0.25, 0.3) is 0 Å². The van der Waals surface area contributed by atoms with Crippen LogP contribution in [-0.4, -0.2) is 34.8 Å². The van der Waals surface area contributed by atoms with E-state index in [1.807, 2.05) is 17.9 Å². The highest BCUT2D eigenvalue weighted by atomic mass is 16.6. The fourth-order valence-corrected chi connectivity index (χ4v) is 2.92. The zero-order valence-electron chi connectivity index (χ0n) is 11.3. The van der Waals surface area contributed by atoms with E-state index < -0.39 is 0 Å². The number of hydrogen-bond donors (Lipinski definition) is 1. The summed E-state index contributed by atoms with van der Waals surface area (Å²) >= 11 is 0. The summed E-state index contributed by atoms with van der Waals surface area (Å²) in [5.41, 5.74) is 3.59. The van der Waals surface area contributed by atoms with Crippen molar-refractivity contribution < 1.29 is 9.47 Å². The molecule has 0 amide bonds. The maximum Gasteiger partial charge on any atom is 0.161 e. The number of fused-ring (bicyclic) bond motifs is 2. The molecule has 1 unspecified atom stereocenters. The second-order valence-electron chi connectivity index (χ2n) is 5.11. The minimum Gasteiger partial charge on any atom is -0.486 e. The summed E-state index contributed by atoms with van der Waals surface area (Å²) in [6.45, 7) is 2.17. The number of rotatable bonds is 1. The summed E-state index contributed by atoms with van der Waals surface area (Å²) in [5, 5.41) is 11.5. The second-order valence-corrected chi connectivity index (χ2v) is 5.11. The van der Waals surface area contributed by atoms with Crippen LogP contribution in [0.25, 0.3) is 0 Å². The van der Waals surface area contributed by atoms with Crippen LogP contribution in [0.4, 0.5) is 0 Å². The fraction of sp³-hybridized carbons (Fsp3) is 0.429. The van der Waals surface area contributed by atoms with Crippen LogP contribution < -0.4 is 14.8 Å². The van der Waals surface area contributed by atoms with Crippen LogP contribution in [0.5, 0.6) is 11.5 Å². The maximum atomic E-state index is 5.69. The SMILES string of the molecule is Cn1nncc1C1NCCc2cc3c(cc21)OCCO3. The van der Waals surface area contributed by atoms with Gasteiger partial charge in [-0.1, -0.05) is 5.21 Å². The van der Waals surface area contributed by atoms with Crippen molar-refractivity contribution >= 4 is 0 Å². The molecule has 2 aromatic rings. The normalized spacial score (nSPS) is 20.6. The van der Waals surface area contributed by atoms with Crippen LogP contribution in [0, 0.1) is 0 Å². The number of nitrogens with one attached hydrogen (secondary N) is 1. The third-order valence-electron chi connectivity index (χ3n) is 3.90. The Balaban J connectivity index is 1.82. The van der Waals surface area contributed by atoms with E-state index in [4.69, 9.17) is 9.47 Å². The molecular formula is C14H16N4O2. The highest BCUT2D eigenvalue weighted by Gasteiger charge is 2.27. The predicted octanol–water partition coefficient (Wildman–Crippen LogP) is 0.821. The highest BCUT2D eigenvalue weighted by Crippen LogP contribution is 2.38. The molecule has 3 heterocycles. The first-order valence-electron chi connectivity index (χ1n) is 6.83. The van der Waals surface area contributed by atoms with E-state index in [9.17, 15) is 0 Å². The fourth-order valence-electron chi connectivity index (χ4n) is 2.92. The molecule has 2 aliphatic rings. The Bertz CT molecular complexity index is 653. The third kappa shape index (κ3) is 1.76. The van der Waals surface area contributed by atoms with Crippen molar-refractivity contribution in [3.05, 3.63) is 35.2 Å². The minimum atomic E-state index is 0.106. The van der Waals surface area contributed by atoms with Gasteiger partial charge in [0.1, 0.15) is 13.2 Å². The molecule has 1 aromatic heterocycles. The summed E-state index contributed by atoms with van der Waals surface area (Å²) in [6.07, 6.45) is 2.80.